The van der Waals surface area contributed by atoms with E-state index in [0.29, 0.717) is 6.42 Å². The van der Waals surface area contributed by atoms with Gasteiger partial charge >= 0.3 is 6.18 Å². The van der Waals surface area contributed by atoms with Gasteiger partial charge in [0.2, 0.25) is 10.0 Å². The Bertz CT molecular complexity index is 672. The summed E-state index contributed by atoms with van der Waals surface area (Å²) in [7, 11) is -3.67. The lowest BCUT2D eigenvalue weighted by molar-refractivity contribution is -0.169. The fraction of sp³-hybridized carbons (Fsp3) is 0.600. The molecule has 1 aromatic carbocycles. The molecule has 3 nitrogen and oxygen atoms in total. The smallest absolute Gasteiger partial charge is 0.212 e. The highest BCUT2D eigenvalue weighted by molar-refractivity contribution is 7.89. The van der Waals surface area contributed by atoms with Gasteiger partial charge in [0.05, 0.1) is 11.7 Å². The molecule has 1 fully saturated rings. The highest BCUT2D eigenvalue weighted by Gasteiger charge is 2.49. The van der Waals surface area contributed by atoms with Gasteiger partial charge in [-0.1, -0.05) is 24.3 Å². The number of fused-ring (bicyclic) bond motifs is 1. The maximum atomic E-state index is 12.8. The quantitative estimate of drug-likeness (QED) is 0.853. The van der Waals surface area contributed by atoms with Gasteiger partial charge in [0.25, 0.3) is 0 Å². The standard InChI is InChI=1S/C15H18F3NO2S/c1-10-6-13(15(16,17)18)8-19(10)22(20,21)9-12-7-11-4-2-3-5-14(11)12/h2-5,10,12-13H,6-9H2,1H3/t10-,12?,13+/m1/s1. The molecule has 0 radical (unpaired) electrons. The van der Waals surface area contributed by atoms with Crippen LogP contribution in [0, 0.1) is 5.92 Å². The molecule has 3 rings (SSSR count). The highest BCUT2D eigenvalue weighted by atomic mass is 32.2. The number of hydrogen-bond donors (Lipinski definition) is 0. The molecule has 1 aliphatic carbocycles. The fourth-order valence-electron chi connectivity index (χ4n) is 3.49. The van der Waals surface area contributed by atoms with Gasteiger partial charge in [-0.15, -0.1) is 0 Å². The van der Waals surface area contributed by atoms with E-state index in [1.807, 2.05) is 24.3 Å². The van der Waals surface area contributed by atoms with Crippen LogP contribution < -0.4 is 0 Å². The average molecular weight is 333 g/mol. The molecule has 0 saturated carbocycles. The van der Waals surface area contributed by atoms with Crippen LogP contribution in [-0.2, 0) is 16.4 Å². The zero-order valence-corrected chi connectivity index (χ0v) is 13.0. The third-order valence-corrected chi connectivity index (χ3v) is 6.76. The van der Waals surface area contributed by atoms with Crippen molar-refractivity contribution in [2.75, 3.05) is 12.3 Å². The van der Waals surface area contributed by atoms with Crippen molar-refractivity contribution in [2.24, 2.45) is 5.92 Å². The molecule has 0 spiro atoms. The average Bonchev–Trinajstić information content (AvgIpc) is 2.79. The summed E-state index contributed by atoms with van der Waals surface area (Å²) in [4.78, 5) is 0. The van der Waals surface area contributed by atoms with Crippen molar-refractivity contribution in [1.29, 1.82) is 0 Å². The van der Waals surface area contributed by atoms with Crippen LogP contribution in [0.4, 0.5) is 13.2 Å². The first-order valence-electron chi connectivity index (χ1n) is 7.32. The number of sulfonamides is 1. The number of halogens is 3. The minimum atomic E-state index is -4.33. The summed E-state index contributed by atoms with van der Waals surface area (Å²) in [6.45, 7) is 1.11. The molecule has 1 heterocycles. The van der Waals surface area contributed by atoms with Crippen molar-refractivity contribution >= 4 is 10.0 Å². The highest BCUT2D eigenvalue weighted by Crippen LogP contribution is 2.40. The van der Waals surface area contributed by atoms with E-state index in [1.54, 1.807) is 6.92 Å². The van der Waals surface area contributed by atoms with Gasteiger partial charge in [-0.25, -0.2) is 8.42 Å². The maximum Gasteiger partial charge on any atom is 0.393 e. The third-order valence-electron chi connectivity index (χ3n) is 4.71. The second-order valence-electron chi connectivity index (χ2n) is 6.27. The molecule has 7 heteroatoms. The maximum absolute atomic E-state index is 12.8. The van der Waals surface area contributed by atoms with Crippen LogP contribution in [0.5, 0.6) is 0 Å². The third kappa shape index (κ3) is 2.76. The monoisotopic (exact) mass is 333 g/mol. The lowest BCUT2D eigenvalue weighted by atomic mass is 9.79. The van der Waals surface area contributed by atoms with E-state index in [1.165, 1.54) is 0 Å². The van der Waals surface area contributed by atoms with Gasteiger partial charge in [0.1, 0.15) is 0 Å². The van der Waals surface area contributed by atoms with E-state index < -0.39 is 34.7 Å². The first-order valence-corrected chi connectivity index (χ1v) is 8.93. The Labute approximate surface area is 128 Å². The van der Waals surface area contributed by atoms with Crippen molar-refractivity contribution < 1.29 is 21.6 Å². The van der Waals surface area contributed by atoms with Gasteiger partial charge in [0.15, 0.2) is 0 Å². The molecule has 1 aromatic rings. The summed E-state index contributed by atoms with van der Waals surface area (Å²) in [5.41, 5.74) is 2.13. The summed E-state index contributed by atoms with van der Waals surface area (Å²) < 4.78 is 64.5. The summed E-state index contributed by atoms with van der Waals surface area (Å²) >= 11 is 0. The molecule has 0 aromatic heterocycles. The van der Waals surface area contributed by atoms with Crippen molar-refractivity contribution in [3.05, 3.63) is 35.4 Å². The molecule has 22 heavy (non-hydrogen) atoms. The molecule has 0 bridgehead atoms. The van der Waals surface area contributed by atoms with Gasteiger partial charge in [0, 0.05) is 18.5 Å². The normalized spacial score (nSPS) is 29.2. The van der Waals surface area contributed by atoms with E-state index in [9.17, 15) is 21.6 Å². The zero-order valence-electron chi connectivity index (χ0n) is 12.2. The van der Waals surface area contributed by atoms with Crippen LogP contribution in [0.1, 0.15) is 30.4 Å². The second kappa shape index (κ2) is 5.23. The predicted octanol–water partition coefficient (Wildman–Crippen LogP) is 2.93. The first-order chi connectivity index (χ1) is 10.2. The van der Waals surface area contributed by atoms with Crippen LogP contribution >= 0.6 is 0 Å². The molecular weight excluding hydrogens is 315 g/mol. The molecule has 1 unspecified atom stereocenters. The van der Waals surface area contributed by atoms with Gasteiger partial charge < -0.3 is 0 Å². The first kappa shape index (κ1) is 15.8. The minimum Gasteiger partial charge on any atom is -0.212 e. The van der Waals surface area contributed by atoms with E-state index in [0.717, 1.165) is 15.4 Å². The summed E-state index contributed by atoms with van der Waals surface area (Å²) in [5, 5.41) is 0. The van der Waals surface area contributed by atoms with Crippen LogP contribution in [0.25, 0.3) is 0 Å². The van der Waals surface area contributed by atoms with E-state index in [2.05, 4.69) is 0 Å². The Hall–Kier alpha value is -1.08. The zero-order chi connectivity index (χ0) is 16.1. The van der Waals surface area contributed by atoms with Crippen molar-refractivity contribution in [3.8, 4) is 0 Å². The molecule has 122 valence electrons. The minimum absolute atomic E-state index is 0.0983. The molecule has 0 amide bonds. The molecule has 1 saturated heterocycles. The Morgan fingerprint density at radius 3 is 2.55 bits per heavy atom. The predicted molar refractivity (Wildman–Crippen MR) is 77.0 cm³/mol. The Kier molecular flexibility index (Phi) is 3.76. The summed E-state index contributed by atoms with van der Waals surface area (Å²) in [6, 6.07) is 7.02. The molecule has 0 N–H and O–H groups in total. The lowest BCUT2D eigenvalue weighted by Gasteiger charge is -2.32. The summed E-state index contributed by atoms with van der Waals surface area (Å²) in [6.07, 6.45) is -3.80. The van der Waals surface area contributed by atoms with Crippen LogP contribution in [0.2, 0.25) is 0 Å². The van der Waals surface area contributed by atoms with Crippen LogP contribution in [0.3, 0.4) is 0 Å². The number of alkyl halides is 3. The fourth-order valence-corrected chi connectivity index (χ4v) is 5.53. The van der Waals surface area contributed by atoms with Gasteiger partial charge in [-0.2, -0.15) is 17.5 Å². The second-order valence-corrected chi connectivity index (χ2v) is 8.24. The van der Waals surface area contributed by atoms with Crippen molar-refractivity contribution in [2.45, 2.75) is 37.9 Å². The van der Waals surface area contributed by atoms with Crippen molar-refractivity contribution in [1.82, 2.24) is 4.31 Å². The number of benzene rings is 1. The number of nitrogens with zero attached hydrogens (tertiary/aromatic N) is 1. The topological polar surface area (TPSA) is 37.4 Å². The van der Waals surface area contributed by atoms with Gasteiger partial charge in [-0.05, 0) is 30.9 Å². The van der Waals surface area contributed by atoms with Crippen LogP contribution in [0.15, 0.2) is 24.3 Å². The summed E-state index contributed by atoms with van der Waals surface area (Å²) in [5.74, 6) is -1.75. The Morgan fingerprint density at radius 1 is 1.27 bits per heavy atom. The van der Waals surface area contributed by atoms with E-state index in [-0.39, 0.29) is 18.1 Å². The largest absolute Gasteiger partial charge is 0.393 e. The SMILES string of the molecule is C[C@@H]1C[C@H](C(F)(F)F)CN1S(=O)(=O)CC1Cc2ccccc21. The van der Waals surface area contributed by atoms with E-state index >= 15 is 0 Å². The Morgan fingerprint density at radius 2 is 1.95 bits per heavy atom. The molecule has 1 aliphatic heterocycles. The number of hydrogen-bond acceptors (Lipinski definition) is 2. The Balaban J connectivity index is 1.72. The lowest BCUT2D eigenvalue weighted by Crippen LogP contribution is -2.39. The van der Waals surface area contributed by atoms with Crippen LogP contribution in [-0.4, -0.2) is 37.2 Å². The molecular formula is C15H18F3NO2S. The van der Waals surface area contributed by atoms with Crippen molar-refractivity contribution in [3.63, 3.8) is 0 Å². The molecule has 3 atom stereocenters. The van der Waals surface area contributed by atoms with E-state index in [4.69, 9.17) is 0 Å². The number of rotatable bonds is 3. The molecule has 2 aliphatic rings. The van der Waals surface area contributed by atoms with Gasteiger partial charge in [-0.3, -0.25) is 0 Å².